The number of aliphatic imine (C=N–C) groups is 1. The van der Waals surface area contributed by atoms with Crippen molar-refractivity contribution in [3.8, 4) is 0 Å². The van der Waals surface area contributed by atoms with Gasteiger partial charge in [-0.15, -0.1) is 0 Å². The van der Waals surface area contributed by atoms with Crippen LogP contribution in [0.5, 0.6) is 0 Å². The molecule has 1 aliphatic rings. The van der Waals surface area contributed by atoms with Crippen LogP contribution in [0.2, 0.25) is 0 Å². The predicted molar refractivity (Wildman–Crippen MR) is 121 cm³/mol. The Morgan fingerprint density at radius 2 is 1.83 bits per heavy atom. The lowest BCUT2D eigenvalue weighted by molar-refractivity contribution is 0.0341. The summed E-state index contributed by atoms with van der Waals surface area (Å²) in [4.78, 5) is 14.8. The molecule has 1 aromatic heterocycles. The van der Waals surface area contributed by atoms with Crippen molar-refractivity contribution in [2.24, 2.45) is 4.99 Å². The van der Waals surface area contributed by atoms with Crippen molar-refractivity contribution in [3.05, 3.63) is 65.5 Å². The molecule has 3 aromatic rings. The summed E-state index contributed by atoms with van der Waals surface area (Å²) in [7, 11) is 1.80. The quantitative estimate of drug-likeness (QED) is 0.415. The fraction of sp³-hybridized carbons (Fsp3) is 0.391. The van der Waals surface area contributed by atoms with E-state index in [0.29, 0.717) is 0 Å². The highest BCUT2D eigenvalue weighted by atomic mass is 16.5. The molecule has 4 rings (SSSR count). The lowest BCUT2D eigenvalue weighted by Gasteiger charge is -2.27. The summed E-state index contributed by atoms with van der Waals surface area (Å²) in [6, 6.07) is 16.7. The molecule has 1 saturated heterocycles. The average molecular weight is 407 g/mol. The molecule has 1 aliphatic heterocycles. The minimum absolute atomic E-state index is 0.741. The first-order chi connectivity index (χ1) is 14.8. The molecule has 0 unspecified atom stereocenters. The van der Waals surface area contributed by atoms with Gasteiger partial charge in [0.05, 0.1) is 24.2 Å². The zero-order valence-electron chi connectivity index (χ0n) is 17.5. The molecule has 0 saturated carbocycles. The van der Waals surface area contributed by atoms with Gasteiger partial charge in [-0.05, 0) is 23.3 Å². The van der Waals surface area contributed by atoms with Crippen LogP contribution in [0.15, 0.2) is 53.5 Å². The topological polar surface area (TPSA) is 77.6 Å². The number of nitrogens with one attached hydrogen (secondary N) is 3. The predicted octanol–water partition coefficient (Wildman–Crippen LogP) is 2.30. The molecule has 3 N–H and O–H groups in total. The van der Waals surface area contributed by atoms with E-state index in [4.69, 9.17) is 4.74 Å². The van der Waals surface area contributed by atoms with Crippen LogP contribution in [0, 0.1) is 0 Å². The molecular formula is C23H30N6O. The van der Waals surface area contributed by atoms with Gasteiger partial charge >= 0.3 is 0 Å². The zero-order chi connectivity index (χ0) is 20.6. The van der Waals surface area contributed by atoms with E-state index in [2.05, 4.69) is 54.8 Å². The number of benzene rings is 2. The van der Waals surface area contributed by atoms with Gasteiger partial charge in [-0.2, -0.15) is 0 Å². The number of rotatable bonds is 7. The third-order valence-corrected chi connectivity index (χ3v) is 5.38. The molecule has 7 heteroatoms. The third kappa shape index (κ3) is 5.37. The van der Waals surface area contributed by atoms with Gasteiger partial charge in [-0.3, -0.25) is 9.89 Å². The second kappa shape index (κ2) is 10.2. The number of hydrogen-bond acceptors (Lipinski definition) is 4. The number of guanidine groups is 1. The normalized spacial score (nSPS) is 15.4. The lowest BCUT2D eigenvalue weighted by Crippen LogP contribution is -2.38. The van der Waals surface area contributed by atoms with Gasteiger partial charge in [0.25, 0.3) is 0 Å². The molecule has 0 amide bonds. The van der Waals surface area contributed by atoms with E-state index in [0.717, 1.165) is 75.2 Å². The number of para-hydroxylation sites is 2. The molecule has 2 aromatic carbocycles. The summed E-state index contributed by atoms with van der Waals surface area (Å²) in [5.41, 5.74) is 4.73. The molecule has 1 fully saturated rings. The maximum atomic E-state index is 5.46. The SMILES string of the molecule is CN=C(NCCc1nc2ccccc2[nH]1)NCc1ccccc1CN1CCOCC1. The van der Waals surface area contributed by atoms with E-state index in [-0.39, 0.29) is 0 Å². The van der Waals surface area contributed by atoms with Gasteiger partial charge in [0.2, 0.25) is 0 Å². The van der Waals surface area contributed by atoms with E-state index < -0.39 is 0 Å². The highest BCUT2D eigenvalue weighted by Gasteiger charge is 2.13. The molecule has 0 aliphatic carbocycles. The first-order valence-electron chi connectivity index (χ1n) is 10.6. The highest BCUT2D eigenvalue weighted by molar-refractivity contribution is 5.79. The number of aromatic nitrogens is 2. The Morgan fingerprint density at radius 1 is 1.07 bits per heavy atom. The van der Waals surface area contributed by atoms with Crippen molar-refractivity contribution in [2.75, 3.05) is 39.9 Å². The first kappa shape index (κ1) is 20.4. The standard InChI is InChI=1S/C23H30N6O/c1-24-23(25-11-10-22-27-20-8-4-5-9-21(20)28-22)26-16-18-6-2-3-7-19(18)17-29-12-14-30-15-13-29/h2-9H,10-17H2,1H3,(H,27,28)(H2,24,25,26). The maximum absolute atomic E-state index is 5.46. The summed E-state index contributed by atoms with van der Waals surface area (Å²) in [6.45, 7) is 6.09. The Bertz CT molecular complexity index is 943. The van der Waals surface area contributed by atoms with Crippen LogP contribution in [0.25, 0.3) is 11.0 Å². The van der Waals surface area contributed by atoms with Crippen LogP contribution in [-0.2, 0) is 24.2 Å². The Morgan fingerprint density at radius 3 is 2.63 bits per heavy atom. The van der Waals surface area contributed by atoms with Crippen molar-refractivity contribution >= 4 is 17.0 Å². The first-order valence-corrected chi connectivity index (χ1v) is 10.6. The summed E-state index contributed by atoms with van der Waals surface area (Å²) < 4.78 is 5.46. The monoisotopic (exact) mass is 406 g/mol. The Kier molecular flexibility index (Phi) is 6.95. The Hall–Kier alpha value is -2.90. The largest absolute Gasteiger partial charge is 0.379 e. The van der Waals surface area contributed by atoms with Crippen molar-refractivity contribution < 1.29 is 4.74 Å². The van der Waals surface area contributed by atoms with Crippen LogP contribution in [0.3, 0.4) is 0 Å². The van der Waals surface area contributed by atoms with Crippen molar-refractivity contribution in [3.63, 3.8) is 0 Å². The average Bonchev–Trinajstić information content (AvgIpc) is 3.20. The molecule has 7 nitrogen and oxygen atoms in total. The van der Waals surface area contributed by atoms with Gasteiger partial charge in [-0.1, -0.05) is 36.4 Å². The summed E-state index contributed by atoms with van der Waals surface area (Å²) in [5, 5.41) is 6.83. The number of ether oxygens (including phenoxy) is 1. The molecule has 0 atom stereocenters. The lowest BCUT2D eigenvalue weighted by atomic mass is 10.1. The summed E-state index contributed by atoms with van der Waals surface area (Å²) in [5.74, 6) is 1.78. The van der Waals surface area contributed by atoms with Crippen LogP contribution in [0.4, 0.5) is 0 Å². The zero-order valence-corrected chi connectivity index (χ0v) is 17.5. The fourth-order valence-electron chi connectivity index (χ4n) is 3.71. The van der Waals surface area contributed by atoms with E-state index in [1.165, 1.54) is 11.1 Å². The second-order valence-electron chi connectivity index (χ2n) is 7.46. The molecular weight excluding hydrogens is 376 g/mol. The number of morpholine rings is 1. The molecule has 2 heterocycles. The van der Waals surface area contributed by atoms with Gasteiger partial charge in [0.15, 0.2) is 5.96 Å². The Balaban J connectivity index is 1.28. The van der Waals surface area contributed by atoms with Crippen LogP contribution in [0.1, 0.15) is 17.0 Å². The van der Waals surface area contributed by atoms with Gasteiger partial charge < -0.3 is 20.4 Å². The van der Waals surface area contributed by atoms with E-state index in [1.807, 2.05) is 24.3 Å². The number of H-pyrrole nitrogens is 1. The van der Waals surface area contributed by atoms with Gasteiger partial charge in [0, 0.05) is 46.2 Å². The van der Waals surface area contributed by atoms with E-state index >= 15 is 0 Å². The fourth-order valence-corrected chi connectivity index (χ4v) is 3.71. The summed E-state index contributed by atoms with van der Waals surface area (Å²) >= 11 is 0. The Labute approximate surface area is 177 Å². The number of imidazole rings is 1. The number of aromatic amines is 1. The molecule has 0 radical (unpaired) electrons. The number of hydrogen-bond donors (Lipinski definition) is 3. The molecule has 30 heavy (non-hydrogen) atoms. The minimum Gasteiger partial charge on any atom is -0.379 e. The smallest absolute Gasteiger partial charge is 0.191 e. The summed E-state index contributed by atoms with van der Waals surface area (Å²) in [6.07, 6.45) is 0.809. The number of nitrogens with zero attached hydrogens (tertiary/aromatic N) is 3. The second-order valence-corrected chi connectivity index (χ2v) is 7.46. The van der Waals surface area contributed by atoms with E-state index in [1.54, 1.807) is 7.05 Å². The van der Waals surface area contributed by atoms with Gasteiger partial charge in [0.1, 0.15) is 5.82 Å². The minimum atomic E-state index is 0.741. The molecule has 0 bridgehead atoms. The molecule has 0 spiro atoms. The van der Waals surface area contributed by atoms with Crippen LogP contribution >= 0.6 is 0 Å². The van der Waals surface area contributed by atoms with Crippen LogP contribution in [-0.4, -0.2) is 60.7 Å². The van der Waals surface area contributed by atoms with Crippen molar-refractivity contribution in [1.29, 1.82) is 0 Å². The maximum Gasteiger partial charge on any atom is 0.191 e. The molecule has 158 valence electrons. The van der Waals surface area contributed by atoms with Gasteiger partial charge in [-0.25, -0.2) is 4.98 Å². The third-order valence-electron chi connectivity index (χ3n) is 5.38. The van der Waals surface area contributed by atoms with Crippen molar-refractivity contribution in [1.82, 2.24) is 25.5 Å². The highest BCUT2D eigenvalue weighted by Crippen LogP contribution is 2.13. The van der Waals surface area contributed by atoms with Crippen molar-refractivity contribution in [2.45, 2.75) is 19.5 Å². The number of fused-ring (bicyclic) bond motifs is 1. The van der Waals surface area contributed by atoms with Crippen LogP contribution < -0.4 is 10.6 Å². The van der Waals surface area contributed by atoms with E-state index in [9.17, 15) is 0 Å².